The molecule has 102 valence electrons. The highest BCUT2D eigenvalue weighted by Crippen LogP contribution is 2.15. The predicted molar refractivity (Wildman–Crippen MR) is 77.4 cm³/mol. The first-order valence-corrected chi connectivity index (χ1v) is 6.48. The number of para-hydroxylation sites is 1. The summed E-state index contributed by atoms with van der Waals surface area (Å²) >= 11 is 0. The summed E-state index contributed by atoms with van der Waals surface area (Å²) in [5, 5.41) is 3.55. The number of rotatable bonds is 5. The van der Waals surface area contributed by atoms with Crippen molar-refractivity contribution in [1.82, 2.24) is 4.90 Å². The van der Waals surface area contributed by atoms with Gasteiger partial charge in [0.2, 0.25) is 0 Å². The highest BCUT2D eigenvalue weighted by atomic mass is 35.5. The fraction of sp³-hybridized carbons (Fsp3) is 0.571. The largest absolute Gasteiger partial charge is 0.381 e. The van der Waals surface area contributed by atoms with Crippen LogP contribution >= 0.6 is 12.4 Å². The third-order valence-electron chi connectivity index (χ3n) is 3.26. The monoisotopic (exact) mass is 272 g/mol. The van der Waals surface area contributed by atoms with Crippen LogP contribution in [0.4, 0.5) is 10.1 Å². The molecule has 1 atom stereocenters. The van der Waals surface area contributed by atoms with E-state index in [1.165, 1.54) is 18.5 Å². The van der Waals surface area contributed by atoms with Crippen molar-refractivity contribution in [3.8, 4) is 0 Å². The summed E-state index contributed by atoms with van der Waals surface area (Å²) in [5.41, 5.74) is 1.19. The van der Waals surface area contributed by atoms with E-state index in [2.05, 4.69) is 22.3 Å². The Morgan fingerprint density at radius 3 is 2.78 bits per heavy atom. The molecule has 1 aliphatic rings. The molecule has 1 aliphatic heterocycles. The molecule has 0 bridgehead atoms. The average molecular weight is 273 g/mol. The van der Waals surface area contributed by atoms with Crippen LogP contribution < -0.4 is 5.32 Å². The van der Waals surface area contributed by atoms with Crippen LogP contribution in [0.15, 0.2) is 30.3 Å². The number of piperidine rings is 1. The van der Waals surface area contributed by atoms with Gasteiger partial charge in [0, 0.05) is 24.8 Å². The van der Waals surface area contributed by atoms with Gasteiger partial charge >= 0.3 is 0 Å². The molecular weight excluding hydrogens is 251 g/mol. The average Bonchev–Trinajstić information content (AvgIpc) is 2.38. The number of nitrogens with zero attached hydrogens (tertiary/aromatic N) is 1. The van der Waals surface area contributed by atoms with Crippen molar-refractivity contribution in [3.05, 3.63) is 30.3 Å². The molecule has 1 aromatic carbocycles. The van der Waals surface area contributed by atoms with Crippen molar-refractivity contribution in [2.24, 2.45) is 0 Å². The van der Waals surface area contributed by atoms with Gasteiger partial charge in [0.15, 0.2) is 0 Å². The molecule has 0 amide bonds. The van der Waals surface area contributed by atoms with Gasteiger partial charge in [-0.2, -0.15) is 0 Å². The summed E-state index contributed by atoms with van der Waals surface area (Å²) in [7, 11) is 0. The SMILES string of the molecule is Cl.FCCCN1CCCC(Nc2ccccc2)C1. The minimum Gasteiger partial charge on any atom is -0.381 e. The minimum absolute atomic E-state index is 0. The summed E-state index contributed by atoms with van der Waals surface area (Å²) in [6.45, 7) is 2.85. The van der Waals surface area contributed by atoms with Crippen molar-refractivity contribution in [1.29, 1.82) is 0 Å². The number of hydrogen-bond acceptors (Lipinski definition) is 2. The van der Waals surface area contributed by atoms with Crippen molar-refractivity contribution in [2.45, 2.75) is 25.3 Å². The number of alkyl halides is 1. The van der Waals surface area contributed by atoms with E-state index < -0.39 is 0 Å². The van der Waals surface area contributed by atoms with Crippen LogP contribution in [0, 0.1) is 0 Å². The molecule has 1 unspecified atom stereocenters. The lowest BCUT2D eigenvalue weighted by Gasteiger charge is -2.33. The van der Waals surface area contributed by atoms with Crippen LogP contribution in [-0.4, -0.2) is 37.3 Å². The highest BCUT2D eigenvalue weighted by molar-refractivity contribution is 5.85. The number of likely N-dealkylation sites (tertiary alicyclic amines) is 1. The number of halogens is 2. The van der Waals surface area contributed by atoms with Crippen molar-refractivity contribution in [2.75, 3.05) is 31.6 Å². The Bertz CT molecular complexity index is 321. The molecule has 0 radical (unpaired) electrons. The minimum atomic E-state index is -0.201. The summed E-state index contributed by atoms with van der Waals surface area (Å²) in [6, 6.07) is 10.8. The second kappa shape index (κ2) is 8.33. The van der Waals surface area contributed by atoms with Gasteiger partial charge < -0.3 is 10.2 Å². The molecule has 0 spiro atoms. The topological polar surface area (TPSA) is 15.3 Å². The molecule has 1 N–H and O–H groups in total. The number of nitrogens with one attached hydrogen (secondary N) is 1. The normalized spacial score (nSPS) is 20.2. The molecule has 0 aromatic heterocycles. The van der Waals surface area contributed by atoms with Crippen molar-refractivity contribution in [3.63, 3.8) is 0 Å². The summed E-state index contributed by atoms with van der Waals surface area (Å²) in [6.07, 6.45) is 3.08. The molecule has 2 nitrogen and oxygen atoms in total. The van der Waals surface area contributed by atoms with Gasteiger partial charge in [-0.3, -0.25) is 4.39 Å². The van der Waals surface area contributed by atoms with E-state index in [9.17, 15) is 4.39 Å². The lowest BCUT2D eigenvalue weighted by atomic mass is 10.1. The van der Waals surface area contributed by atoms with E-state index in [0.717, 1.165) is 19.6 Å². The lowest BCUT2D eigenvalue weighted by Crippen LogP contribution is -2.42. The van der Waals surface area contributed by atoms with Gasteiger partial charge in [0.05, 0.1) is 6.67 Å². The summed E-state index contributed by atoms with van der Waals surface area (Å²) in [4.78, 5) is 2.36. The second-order valence-electron chi connectivity index (χ2n) is 4.69. The maximum atomic E-state index is 12.1. The fourth-order valence-corrected chi connectivity index (χ4v) is 2.43. The third-order valence-corrected chi connectivity index (χ3v) is 3.26. The van der Waals surface area contributed by atoms with E-state index in [1.807, 2.05) is 18.2 Å². The van der Waals surface area contributed by atoms with Gasteiger partial charge in [-0.1, -0.05) is 18.2 Å². The molecule has 0 saturated carbocycles. The molecule has 18 heavy (non-hydrogen) atoms. The summed E-state index contributed by atoms with van der Waals surface area (Å²) < 4.78 is 12.1. The van der Waals surface area contributed by atoms with Crippen LogP contribution in [-0.2, 0) is 0 Å². The van der Waals surface area contributed by atoms with Crippen LogP contribution in [0.25, 0.3) is 0 Å². The second-order valence-corrected chi connectivity index (χ2v) is 4.69. The Morgan fingerprint density at radius 1 is 1.28 bits per heavy atom. The quantitative estimate of drug-likeness (QED) is 0.884. The van der Waals surface area contributed by atoms with E-state index in [0.29, 0.717) is 12.5 Å². The molecular formula is C14H22ClFN2. The zero-order chi connectivity index (χ0) is 11.9. The molecule has 1 heterocycles. The third kappa shape index (κ3) is 4.83. The van der Waals surface area contributed by atoms with Crippen LogP contribution in [0.2, 0.25) is 0 Å². The van der Waals surface area contributed by atoms with Gasteiger partial charge in [0.1, 0.15) is 0 Å². The molecule has 2 rings (SSSR count). The Morgan fingerprint density at radius 2 is 2.06 bits per heavy atom. The van der Waals surface area contributed by atoms with Gasteiger partial charge in [-0.05, 0) is 37.9 Å². The zero-order valence-electron chi connectivity index (χ0n) is 10.6. The maximum absolute atomic E-state index is 12.1. The van der Waals surface area contributed by atoms with Crippen LogP contribution in [0.3, 0.4) is 0 Å². The maximum Gasteiger partial charge on any atom is 0.0906 e. The van der Waals surface area contributed by atoms with E-state index in [1.54, 1.807) is 0 Å². The fourth-order valence-electron chi connectivity index (χ4n) is 2.43. The van der Waals surface area contributed by atoms with Crippen molar-refractivity contribution < 1.29 is 4.39 Å². The molecule has 0 aliphatic carbocycles. The first-order chi connectivity index (χ1) is 8.38. The molecule has 1 aromatic rings. The number of anilines is 1. The van der Waals surface area contributed by atoms with E-state index in [-0.39, 0.29) is 19.1 Å². The van der Waals surface area contributed by atoms with Crippen LogP contribution in [0.5, 0.6) is 0 Å². The highest BCUT2D eigenvalue weighted by Gasteiger charge is 2.18. The standard InChI is InChI=1S/C14H21FN2.ClH/c15-9-5-11-17-10-4-8-14(12-17)16-13-6-2-1-3-7-13;/h1-3,6-7,14,16H,4-5,8-12H2;1H. The molecule has 1 saturated heterocycles. The lowest BCUT2D eigenvalue weighted by molar-refractivity contribution is 0.207. The smallest absolute Gasteiger partial charge is 0.0906 e. The first kappa shape index (κ1) is 15.3. The Balaban J connectivity index is 0.00000162. The van der Waals surface area contributed by atoms with Gasteiger partial charge in [-0.15, -0.1) is 12.4 Å². The van der Waals surface area contributed by atoms with Crippen molar-refractivity contribution >= 4 is 18.1 Å². The van der Waals surface area contributed by atoms with Crippen LogP contribution in [0.1, 0.15) is 19.3 Å². The summed E-state index contributed by atoms with van der Waals surface area (Å²) in [5.74, 6) is 0. The number of hydrogen-bond donors (Lipinski definition) is 1. The molecule has 1 fully saturated rings. The number of benzene rings is 1. The molecule has 4 heteroatoms. The predicted octanol–water partition coefficient (Wildman–Crippen LogP) is 3.34. The van der Waals surface area contributed by atoms with E-state index in [4.69, 9.17) is 0 Å². The van der Waals surface area contributed by atoms with Gasteiger partial charge in [0.25, 0.3) is 0 Å². The zero-order valence-corrected chi connectivity index (χ0v) is 11.5. The Hall–Kier alpha value is -0.800. The Labute approximate surface area is 115 Å². The first-order valence-electron chi connectivity index (χ1n) is 6.48. The Kier molecular flexibility index (Phi) is 7.06. The van der Waals surface area contributed by atoms with Gasteiger partial charge in [-0.25, -0.2) is 0 Å². The van der Waals surface area contributed by atoms with E-state index >= 15 is 0 Å².